The van der Waals surface area contributed by atoms with Crippen molar-refractivity contribution in [2.45, 2.75) is 0 Å². The second kappa shape index (κ2) is 5.68. The molecule has 0 radical (unpaired) electrons. The van der Waals surface area contributed by atoms with Crippen LogP contribution in [-0.2, 0) is 0 Å². The number of carboxylic acids is 1. The molecule has 0 aliphatic rings. The van der Waals surface area contributed by atoms with Crippen LogP contribution in [0.2, 0.25) is 0 Å². The van der Waals surface area contributed by atoms with Crippen LogP contribution in [0.15, 0.2) is 36.4 Å². The van der Waals surface area contributed by atoms with Crippen LogP contribution < -0.4 is 14.2 Å². The molecular formula is C18H16O5. The third-order valence-electron chi connectivity index (χ3n) is 3.89. The number of rotatable bonds is 4. The maximum Gasteiger partial charge on any atom is 0.336 e. The highest BCUT2D eigenvalue weighted by molar-refractivity contribution is 6.16. The predicted octanol–water partition coefficient (Wildman–Crippen LogP) is 3.72. The van der Waals surface area contributed by atoms with Gasteiger partial charge in [0, 0.05) is 5.39 Å². The minimum Gasteiger partial charge on any atom is -0.497 e. The molecule has 3 aromatic carbocycles. The lowest BCUT2D eigenvalue weighted by Crippen LogP contribution is -1.99. The van der Waals surface area contributed by atoms with Gasteiger partial charge < -0.3 is 19.3 Å². The van der Waals surface area contributed by atoms with Crippen LogP contribution in [0.4, 0.5) is 0 Å². The Morgan fingerprint density at radius 3 is 2.04 bits per heavy atom. The van der Waals surface area contributed by atoms with Gasteiger partial charge in [-0.3, -0.25) is 0 Å². The highest BCUT2D eigenvalue weighted by atomic mass is 16.5. The Morgan fingerprint density at radius 2 is 1.48 bits per heavy atom. The average molecular weight is 312 g/mol. The first-order valence-electron chi connectivity index (χ1n) is 6.98. The molecule has 1 N–H and O–H groups in total. The first-order valence-corrected chi connectivity index (χ1v) is 6.98. The van der Waals surface area contributed by atoms with E-state index in [2.05, 4.69) is 0 Å². The molecule has 0 aliphatic heterocycles. The highest BCUT2D eigenvalue weighted by Crippen LogP contribution is 2.38. The van der Waals surface area contributed by atoms with E-state index in [4.69, 9.17) is 14.2 Å². The Labute approximate surface area is 133 Å². The van der Waals surface area contributed by atoms with Crippen LogP contribution in [-0.4, -0.2) is 32.4 Å². The van der Waals surface area contributed by atoms with E-state index in [1.54, 1.807) is 38.5 Å². The van der Waals surface area contributed by atoms with Crippen LogP contribution in [0.25, 0.3) is 21.5 Å². The normalized spacial score (nSPS) is 10.7. The maximum absolute atomic E-state index is 11.6. The molecule has 0 saturated heterocycles. The van der Waals surface area contributed by atoms with Gasteiger partial charge in [0.1, 0.15) is 5.75 Å². The summed E-state index contributed by atoms with van der Waals surface area (Å²) in [5.41, 5.74) is 0.221. The van der Waals surface area contributed by atoms with E-state index in [1.807, 2.05) is 12.1 Å². The van der Waals surface area contributed by atoms with E-state index in [0.29, 0.717) is 22.6 Å². The van der Waals surface area contributed by atoms with E-state index in [1.165, 1.54) is 7.11 Å². The minimum atomic E-state index is -0.986. The first-order chi connectivity index (χ1) is 11.1. The lowest BCUT2D eigenvalue weighted by atomic mass is 9.96. The number of ether oxygens (including phenoxy) is 3. The first kappa shape index (κ1) is 15.0. The van der Waals surface area contributed by atoms with Crippen LogP contribution in [0.5, 0.6) is 17.2 Å². The Kier molecular flexibility index (Phi) is 3.70. The number of methoxy groups -OCH3 is 3. The van der Waals surface area contributed by atoms with Crippen molar-refractivity contribution in [3.63, 3.8) is 0 Å². The van der Waals surface area contributed by atoms with Crippen LogP contribution in [0.1, 0.15) is 10.4 Å². The van der Waals surface area contributed by atoms with Gasteiger partial charge in [-0.1, -0.05) is 6.07 Å². The molecule has 0 bridgehead atoms. The Bertz CT molecular complexity index is 914. The summed E-state index contributed by atoms with van der Waals surface area (Å²) in [6.07, 6.45) is 0. The summed E-state index contributed by atoms with van der Waals surface area (Å²) in [4.78, 5) is 11.6. The van der Waals surface area contributed by atoms with Crippen molar-refractivity contribution in [3.8, 4) is 17.2 Å². The van der Waals surface area contributed by atoms with Gasteiger partial charge >= 0.3 is 5.97 Å². The second-order valence-electron chi connectivity index (χ2n) is 5.07. The van der Waals surface area contributed by atoms with Crippen LogP contribution in [0, 0.1) is 0 Å². The molecule has 0 amide bonds. The second-order valence-corrected chi connectivity index (χ2v) is 5.07. The molecule has 0 aromatic heterocycles. The average Bonchev–Trinajstić information content (AvgIpc) is 2.58. The zero-order valence-electron chi connectivity index (χ0n) is 13.0. The number of hydrogen-bond acceptors (Lipinski definition) is 4. The van der Waals surface area contributed by atoms with E-state index < -0.39 is 5.97 Å². The van der Waals surface area contributed by atoms with Crippen molar-refractivity contribution < 1.29 is 24.1 Å². The number of fused-ring (bicyclic) bond motifs is 3. The summed E-state index contributed by atoms with van der Waals surface area (Å²) in [5.74, 6) is 0.757. The largest absolute Gasteiger partial charge is 0.497 e. The van der Waals surface area contributed by atoms with Gasteiger partial charge in [-0.15, -0.1) is 0 Å². The number of hydrogen-bond donors (Lipinski definition) is 1. The summed E-state index contributed by atoms with van der Waals surface area (Å²) in [7, 11) is 4.67. The monoisotopic (exact) mass is 312 g/mol. The molecule has 0 unspecified atom stereocenters. The van der Waals surface area contributed by atoms with Gasteiger partial charge in [0.25, 0.3) is 0 Å². The fourth-order valence-electron chi connectivity index (χ4n) is 2.76. The summed E-state index contributed by atoms with van der Waals surface area (Å²) in [5, 5.41) is 12.6. The smallest absolute Gasteiger partial charge is 0.336 e. The molecule has 0 saturated carbocycles. The summed E-state index contributed by atoms with van der Waals surface area (Å²) >= 11 is 0. The van der Waals surface area contributed by atoms with Crippen LogP contribution in [0.3, 0.4) is 0 Å². The zero-order valence-corrected chi connectivity index (χ0v) is 13.0. The quantitative estimate of drug-likeness (QED) is 0.744. The van der Waals surface area contributed by atoms with E-state index in [-0.39, 0.29) is 5.56 Å². The van der Waals surface area contributed by atoms with Crippen molar-refractivity contribution in [1.29, 1.82) is 0 Å². The molecular weight excluding hydrogens is 296 g/mol. The molecule has 3 rings (SSSR count). The zero-order chi connectivity index (χ0) is 16.6. The van der Waals surface area contributed by atoms with Gasteiger partial charge in [0.2, 0.25) is 0 Å². The molecule has 0 heterocycles. The Morgan fingerprint density at radius 1 is 0.826 bits per heavy atom. The summed E-state index contributed by atoms with van der Waals surface area (Å²) in [6.45, 7) is 0. The highest BCUT2D eigenvalue weighted by Gasteiger charge is 2.16. The standard InChI is InChI=1S/C18H16O5/c1-21-11-5-4-10-6-15(18(19)20)14-9-17(23-3)16(22-2)8-13(14)12(10)7-11/h4-9H,1-3H3,(H,19,20). The van der Waals surface area contributed by atoms with Gasteiger partial charge in [0.15, 0.2) is 11.5 Å². The maximum atomic E-state index is 11.6. The SMILES string of the molecule is COc1ccc2cc(C(=O)O)c3cc(OC)c(OC)cc3c2c1. The van der Waals surface area contributed by atoms with Gasteiger partial charge in [-0.05, 0) is 46.5 Å². The van der Waals surface area contributed by atoms with Crippen molar-refractivity contribution >= 4 is 27.5 Å². The molecule has 5 heteroatoms. The molecule has 0 fully saturated rings. The van der Waals surface area contributed by atoms with Crippen molar-refractivity contribution in [3.05, 3.63) is 42.0 Å². The Balaban J connectivity index is 2.50. The minimum absolute atomic E-state index is 0.221. The molecule has 0 aliphatic carbocycles. The third-order valence-corrected chi connectivity index (χ3v) is 3.89. The number of carboxylic acid groups (broad SMARTS) is 1. The van der Waals surface area contributed by atoms with Gasteiger partial charge in [-0.25, -0.2) is 4.79 Å². The fraction of sp³-hybridized carbons (Fsp3) is 0.167. The molecule has 0 atom stereocenters. The topological polar surface area (TPSA) is 65.0 Å². The van der Waals surface area contributed by atoms with Gasteiger partial charge in [-0.2, -0.15) is 0 Å². The molecule has 3 aromatic rings. The third kappa shape index (κ3) is 2.40. The van der Waals surface area contributed by atoms with Crippen LogP contribution >= 0.6 is 0 Å². The van der Waals surface area contributed by atoms with Gasteiger partial charge in [0.05, 0.1) is 26.9 Å². The molecule has 0 spiro atoms. The number of carbonyl (C=O) groups is 1. The molecule has 5 nitrogen and oxygen atoms in total. The molecule has 118 valence electrons. The summed E-state index contributed by atoms with van der Waals surface area (Å²) in [6, 6.07) is 10.7. The van der Waals surface area contributed by atoms with Crippen molar-refractivity contribution in [1.82, 2.24) is 0 Å². The number of aromatic carboxylic acids is 1. The number of benzene rings is 3. The summed E-state index contributed by atoms with van der Waals surface area (Å²) < 4.78 is 15.9. The van der Waals surface area contributed by atoms with Crippen molar-refractivity contribution in [2.75, 3.05) is 21.3 Å². The lowest BCUT2D eigenvalue weighted by molar-refractivity contribution is 0.0699. The van der Waals surface area contributed by atoms with E-state index in [0.717, 1.165) is 16.2 Å². The van der Waals surface area contributed by atoms with Crippen molar-refractivity contribution in [2.24, 2.45) is 0 Å². The molecule has 23 heavy (non-hydrogen) atoms. The van der Waals surface area contributed by atoms with E-state index in [9.17, 15) is 9.90 Å². The lowest BCUT2D eigenvalue weighted by Gasteiger charge is -2.13. The Hall–Kier alpha value is -2.95. The predicted molar refractivity (Wildman–Crippen MR) is 88.1 cm³/mol. The van der Waals surface area contributed by atoms with E-state index >= 15 is 0 Å². The fourth-order valence-corrected chi connectivity index (χ4v) is 2.76.